The van der Waals surface area contributed by atoms with Gasteiger partial charge in [-0.05, 0) is 29.8 Å². The largest absolute Gasteiger partial charge is 0.457 e. The first-order valence-electron chi connectivity index (χ1n) is 10.5. The van der Waals surface area contributed by atoms with Gasteiger partial charge in [0.25, 0.3) is 0 Å². The minimum Gasteiger partial charge on any atom is -0.457 e. The van der Waals surface area contributed by atoms with Crippen molar-refractivity contribution >= 4 is 22.8 Å². The average molecular weight is 447 g/mol. The Morgan fingerprint density at radius 3 is 2.48 bits per heavy atom. The number of ether oxygens (including phenoxy) is 2. The number of carbonyl (C=O) groups is 1. The first-order valence-corrected chi connectivity index (χ1v) is 10.5. The Hall–Kier alpha value is -3.95. The Morgan fingerprint density at radius 2 is 1.79 bits per heavy atom. The maximum atomic E-state index is 12.4. The summed E-state index contributed by atoms with van der Waals surface area (Å²) in [6.45, 7) is 2.14. The van der Waals surface area contributed by atoms with E-state index in [1.807, 2.05) is 60.8 Å². The van der Waals surface area contributed by atoms with Crippen molar-refractivity contribution in [3.63, 3.8) is 0 Å². The number of hydrogen-bond donors (Lipinski definition) is 2. The van der Waals surface area contributed by atoms with Gasteiger partial charge in [-0.1, -0.05) is 30.3 Å². The molecule has 0 aliphatic rings. The van der Waals surface area contributed by atoms with Crippen molar-refractivity contribution in [1.29, 1.82) is 0 Å². The predicted octanol–water partition coefficient (Wildman–Crippen LogP) is 2.97. The van der Waals surface area contributed by atoms with Gasteiger partial charge in [-0.3, -0.25) is 4.79 Å². The lowest BCUT2D eigenvalue weighted by molar-refractivity contribution is -0.118. The zero-order valence-electron chi connectivity index (χ0n) is 18.2. The summed E-state index contributed by atoms with van der Waals surface area (Å²) in [5, 5.41) is 11.1. The molecule has 9 heteroatoms. The summed E-state index contributed by atoms with van der Waals surface area (Å²) in [4.78, 5) is 20.9. The molecule has 0 spiro atoms. The monoisotopic (exact) mass is 447 g/mol. The molecule has 4 rings (SSSR count). The number of nitrogens with two attached hydrogens (primary N) is 1. The van der Waals surface area contributed by atoms with Crippen molar-refractivity contribution in [3.05, 3.63) is 67.1 Å². The van der Waals surface area contributed by atoms with Crippen molar-refractivity contribution in [3.8, 4) is 22.6 Å². The van der Waals surface area contributed by atoms with E-state index >= 15 is 0 Å². The number of amides is 1. The van der Waals surface area contributed by atoms with Crippen LogP contribution < -0.4 is 15.5 Å². The highest BCUT2D eigenvalue weighted by molar-refractivity contribution is 6.01. The smallest absolute Gasteiger partial charge is 0.238 e. The summed E-state index contributed by atoms with van der Waals surface area (Å²) < 4.78 is 12.9. The molecule has 0 saturated carbocycles. The van der Waals surface area contributed by atoms with Gasteiger partial charge in [0.1, 0.15) is 23.6 Å². The number of benzene rings is 2. The number of aliphatic hydroxyl groups is 1. The maximum Gasteiger partial charge on any atom is 0.238 e. The Morgan fingerprint density at radius 1 is 1.06 bits per heavy atom. The quantitative estimate of drug-likeness (QED) is 0.379. The van der Waals surface area contributed by atoms with Gasteiger partial charge in [0.2, 0.25) is 5.91 Å². The number of nitrogens with zero attached hydrogens (tertiary/aromatic N) is 4. The number of fused-ring (bicyclic) bond motifs is 1. The molecule has 2 heterocycles. The molecule has 9 nitrogen and oxygen atoms in total. The van der Waals surface area contributed by atoms with Crippen LogP contribution in [0.25, 0.3) is 22.2 Å². The van der Waals surface area contributed by atoms with Crippen molar-refractivity contribution in [2.24, 2.45) is 0 Å². The van der Waals surface area contributed by atoms with Crippen molar-refractivity contribution in [2.45, 2.75) is 6.92 Å². The van der Waals surface area contributed by atoms with Gasteiger partial charge in [0.15, 0.2) is 5.65 Å². The second-order valence-corrected chi connectivity index (χ2v) is 7.26. The topological polar surface area (TPSA) is 116 Å². The molecule has 0 fully saturated rings. The third-order valence-electron chi connectivity index (χ3n) is 5.05. The fourth-order valence-corrected chi connectivity index (χ4v) is 3.53. The lowest BCUT2D eigenvalue weighted by Crippen LogP contribution is -2.41. The van der Waals surface area contributed by atoms with E-state index in [-0.39, 0.29) is 32.3 Å². The van der Waals surface area contributed by atoms with E-state index in [1.54, 1.807) is 4.68 Å². The van der Waals surface area contributed by atoms with Crippen LogP contribution in [0.5, 0.6) is 11.5 Å². The van der Waals surface area contributed by atoms with E-state index in [0.29, 0.717) is 22.6 Å². The lowest BCUT2D eigenvalue weighted by atomic mass is 10.1. The molecule has 0 unspecified atom stereocenters. The fourth-order valence-electron chi connectivity index (χ4n) is 3.53. The molecular formula is C24H25N5O4. The Bertz CT molecular complexity index is 1230. The maximum absolute atomic E-state index is 12.4. The highest BCUT2D eigenvalue weighted by Crippen LogP contribution is 2.34. The molecule has 0 aliphatic carbocycles. The minimum absolute atomic E-state index is 0.0790. The molecule has 2 aromatic heterocycles. The molecule has 1 amide bonds. The van der Waals surface area contributed by atoms with Crippen molar-refractivity contribution < 1.29 is 19.4 Å². The summed E-state index contributed by atoms with van der Waals surface area (Å²) in [6.07, 6.45) is 3.19. The standard InChI is InChI=1S/C24H25N5O4/c1-17(31)28(11-13-32-14-12-30)29-15-21(22-23(25)26-16-27-24(22)29)18-7-9-20(10-8-18)33-19-5-3-2-4-6-19/h2-10,15-16,30H,11-14H2,1H3,(H2,25,26,27). The number of nitrogen functional groups attached to an aromatic ring is 1. The van der Waals surface area contributed by atoms with Crippen LogP contribution in [0.2, 0.25) is 0 Å². The molecule has 0 atom stereocenters. The van der Waals surface area contributed by atoms with Gasteiger partial charge in [0.05, 0.1) is 31.8 Å². The molecule has 3 N–H and O–H groups in total. The lowest BCUT2D eigenvalue weighted by Gasteiger charge is -2.22. The molecule has 33 heavy (non-hydrogen) atoms. The number of carbonyl (C=O) groups excluding carboxylic acids is 1. The first-order chi connectivity index (χ1) is 16.1. The highest BCUT2D eigenvalue weighted by Gasteiger charge is 2.20. The van der Waals surface area contributed by atoms with Crippen LogP contribution in [0, 0.1) is 0 Å². The van der Waals surface area contributed by atoms with E-state index in [1.165, 1.54) is 18.3 Å². The van der Waals surface area contributed by atoms with Crippen molar-refractivity contribution in [1.82, 2.24) is 14.6 Å². The van der Waals surface area contributed by atoms with Crippen LogP contribution in [0.3, 0.4) is 0 Å². The minimum atomic E-state index is -0.185. The third kappa shape index (κ3) is 4.94. The number of aromatic nitrogens is 3. The zero-order valence-corrected chi connectivity index (χ0v) is 18.2. The van der Waals surface area contributed by atoms with Gasteiger partial charge >= 0.3 is 0 Å². The SMILES string of the molecule is CC(=O)N(CCOCCO)n1cc(-c2ccc(Oc3ccccc3)cc2)c2c(N)ncnc21. The van der Waals surface area contributed by atoms with Crippen molar-refractivity contribution in [2.75, 3.05) is 37.1 Å². The Labute approximate surface area is 191 Å². The normalized spacial score (nSPS) is 11.0. The molecular weight excluding hydrogens is 422 g/mol. The number of anilines is 1. The third-order valence-corrected chi connectivity index (χ3v) is 5.05. The summed E-state index contributed by atoms with van der Waals surface area (Å²) in [6, 6.07) is 17.1. The van der Waals surface area contributed by atoms with Crippen LogP contribution in [0.1, 0.15) is 6.92 Å². The van der Waals surface area contributed by atoms with Crippen LogP contribution in [-0.4, -0.2) is 52.0 Å². The average Bonchev–Trinajstić information content (AvgIpc) is 3.21. The first kappa shape index (κ1) is 22.3. The Balaban J connectivity index is 1.68. The van der Waals surface area contributed by atoms with Crippen LogP contribution in [0.15, 0.2) is 67.1 Å². The Kier molecular flexibility index (Phi) is 6.82. The van der Waals surface area contributed by atoms with Gasteiger partial charge in [-0.25, -0.2) is 19.7 Å². The predicted molar refractivity (Wildman–Crippen MR) is 126 cm³/mol. The highest BCUT2D eigenvalue weighted by atomic mass is 16.5. The molecule has 4 aromatic rings. The number of para-hydroxylation sites is 1. The number of aliphatic hydroxyl groups excluding tert-OH is 1. The summed E-state index contributed by atoms with van der Waals surface area (Å²) >= 11 is 0. The van der Waals surface area contributed by atoms with E-state index in [4.69, 9.17) is 20.3 Å². The van der Waals surface area contributed by atoms with E-state index in [2.05, 4.69) is 9.97 Å². The van der Waals surface area contributed by atoms with Crippen LogP contribution in [-0.2, 0) is 9.53 Å². The molecule has 0 aliphatic heterocycles. The molecule has 0 saturated heterocycles. The summed E-state index contributed by atoms with van der Waals surface area (Å²) in [7, 11) is 0. The molecule has 2 aromatic carbocycles. The number of hydrogen-bond acceptors (Lipinski definition) is 7. The number of rotatable bonds is 9. The van der Waals surface area contributed by atoms with Gasteiger partial charge in [0, 0.05) is 18.7 Å². The van der Waals surface area contributed by atoms with E-state index in [0.717, 1.165) is 16.9 Å². The summed E-state index contributed by atoms with van der Waals surface area (Å²) in [5.41, 5.74) is 8.39. The molecule has 170 valence electrons. The van der Waals surface area contributed by atoms with Gasteiger partial charge in [-0.15, -0.1) is 0 Å². The van der Waals surface area contributed by atoms with E-state index in [9.17, 15) is 4.79 Å². The zero-order chi connectivity index (χ0) is 23.2. The second-order valence-electron chi connectivity index (χ2n) is 7.26. The van der Waals surface area contributed by atoms with Gasteiger partial charge in [-0.2, -0.15) is 0 Å². The molecule has 0 bridgehead atoms. The second kappa shape index (κ2) is 10.1. The summed E-state index contributed by atoms with van der Waals surface area (Å²) in [5.74, 6) is 1.58. The fraction of sp³-hybridized carbons (Fsp3) is 0.208. The van der Waals surface area contributed by atoms with E-state index < -0.39 is 0 Å². The van der Waals surface area contributed by atoms with Crippen LogP contribution >= 0.6 is 0 Å². The van der Waals surface area contributed by atoms with Gasteiger partial charge < -0.3 is 20.3 Å². The van der Waals surface area contributed by atoms with Crippen LogP contribution in [0.4, 0.5) is 5.82 Å². The molecule has 0 radical (unpaired) electrons.